The number of carbonyl (C=O) groups is 1. The van der Waals surface area contributed by atoms with Crippen molar-refractivity contribution in [3.05, 3.63) is 80.5 Å². The molecule has 0 saturated heterocycles. The summed E-state index contributed by atoms with van der Waals surface area (Å²) in [7, 11) is 0. The summed E-state index contributed by atoms with van der Waals surface area (Å²) in [5.74, 6) is -0.224. The fourth-order valence-corrected chi connectivity index (χ4v) is 3.61. The van der Waals surface area contributed by atoms with Gasteiger partial charge in [-0.15, -0.1) is 0 Å². The Balaban J connectivity index is 1.40. The van der Waals surface area contributed by atoms with E-state index in [1.807, 2.05) is 31.2 Å². The molecule has 1 aliphatic rings. The average molecular weight is 378 g/mol. The van der Waals surface area contributed by atoms with E-state index in [1.54, 1.807) is 24.3 Å². The van der Waals surface area contributed by atoms with Crippen molar-refractivity contribution in [3.63, 3.8) is 0 Å². The van der Waals surface area contributed by atoms with Gasteiger partial charge in [0.05, 0.1) is 22.9 Å². The number of nitrogens with one attached hydrogen (secondary N) is 1. The quantitative estimate of drug-likeness (QED) is 0.528. The zero-order chi connectivity index (χ0) is 19.7. The highest BCUT2D eigenvalue weighted by Gasteiger charge is 2.52. The highest BCUT2D eigenvalue weighted by atomic mass is 16.5. The van der Waals surface area contributed by atoms with Crippen LogP contribution in [-0.2, 0) is 21.5 Å². The molecule has 0 unspecified atom stereocenters. The van der Waals surface area contributed by atoms with Crippen LogP contribution in [0.1, 0.15) is 30.4 Å². The third-order valence-corrected chi connectivity index (χ3v) is 5.36. The van der Waals surface area contributed by atoms with Crippen molar-refractivity contribution >= 4 is 16.9 Å². The van der Waals surface area contributed by atoms with Gasteiger partial charge in [-0.05, 0) is 43.9 Å². The van der Waals surface area contributed by atoms with E-state index in [0.717, 1.165) is 28.5 Å². The molecule has 1 N–H and O–H groups in total. The Labute approximate surface area is 161 Å². The van der Waals surface area contributed by atoms with Crippen LogP contribution < -0.4 is 11.2 Å². The van der Waals surface area contributed by atoms with E-state index in [9.17, 15) is 14.4 Å². The number of ether oxygens (including phenoxy) is 1. The third kappa shape index (κ3) is 3.26. The Morgan fingerprint density at radius 1 is 1.14 bits per heavy atom. The van der Waals surface area contributed by atoms with Crippen molar-refractivity contribution < 1.29 is 9.53 Å². The van der Waals surface area contributed by atoms with Gasteiger partial charge in [-0.2, -0.15) is 0 Å². The molecule has 0 atom stereocenters. The standard InChI is InChI=1S/C22H22N2O4/c1-15-6-4-7-16(14-15)22(10-11-22)20(26)28-13-5-12-24-19(25)17-8-2-3-9-18(17)23-21(24)27/h2-4,6-9,14H,5,10-13H2,1H3,(H,23,27). The molecule has 0 amide bonds. The van der Waals surface area contributed by atoms with Crippen molar-refractivity contribution in [1.82, 2.24) is 9.55 Å². The van der Waals surface area contributed by atoms with Gasteiger partial charge in [-0.1, -0.05) is 42.0 Å². The van der Waals surface area contributed by atoms with Crippen LogP contribution in [0.15, 0.2) is 58.1 Å². The number of aromatic amines is 1. The molecule has 2 aromatic carbocycles. The summed E-state index contributed by atoms with van der Waals surface area (Å²) in [4.78, 5) is 40.0. The lowest BCUT2D eigenvalue weighted by atomic mass is 9.95. The van der Waals surface area contributed by atoms with E-state index in [4.69, 9.17) is 4.74 Å². The van der Waals surface area contributed by atoms with E-state index in [-0.39, 0.29) is 24.7 Å². The van der Waals surface area contributed by atoms with Gasteiger partial charge in [0.15, 0.2) is 0 Å². The first-order chi connectivity index (χ1) is 13.5. The van der Waals surface area contributed by atoms with E-state index in [0.29, 0.717) is 17.3 Å². The smallest absolute Gasteiger partial charge is 0.328 e. The Morgan fingerprint density at radius 2 is 1.93 bits per heavy atom. The summed E-state index contributed by atoms with van der Waals surface area (Å²) < 4.78 is 6.64. The number of hydrogen-bond donors (Lipinski definition) is 1. The molecule has 0 aliphatic heterocycles. The van der Waals surface area contributed by atoms with Crippen LogP contribution in [0.4, 0.5) is 0 Å². The van der Waals surface area contributed by atoms with Crippen molar-refractivity contribution in [2.24, 2.45) is 0 Å². The summed E-state index contributed by atoms with van der Waals surface area (Å²) >= 11 is 0. The zero-order valence-electron chi connectivity index (χ0n) is 15.7. The number of hydrogen-bond acceptors (Lipinski definition) is 4. The van der Waals surface area contributed by atoms with E-state index in [1.165, 1.54) is 0 Å². The lowest BCUT2D eigenvalue weighted by molar-refractivity contribution is -0.147. The van der Waals surface area contributed by atoms with Crippen molar-refractivity contribution in [2.45, 2.75) is 38.1 Å². The number of carbonyl (C=O) groups excluding carboxylic acids is 1. The topological polar surface area (TPSA) is 81.2 Å². The molecule has 4 rings (SSSR count). The Bertz CT molecular complexity index is 1150. The van der Waals surface area contributed by atoms with Crippen LogP contribution in [0, 0.1) is 6.92 Å². The van der Waals surface area contributed by atoms with Gasteiger partial charge in [0, 0.05) is 6.54 Å². The molecule has 0 spiro atoms. The minimum absolute atomic E-state index is 0.172. The highest BCUT2D eigenvalue weighted by Crippen LogP contribution is 2.49. The van der Waals surface area contributed by atoms with Gasteiger partial charge in [-0.25, -0.2) is 4.79 Å². The highest BCUT2D eigenvalue weighted by molar-refractivity contribution is 5.86. The number of H-pyrrole nitrogens is 1. The molecule has 1 fully saturated rings. The number of nitrogens with zero attached hydrogens (tertiary/aromatic N) is 1. The van der Waals surface area contributed by atoms with Gasteiger partial charge in [0.1, 0.15) is 0 Å². The minimum Gasteiger partial charge on any atom is -0.465 e. The molecule has 144 valence electrons. The predicted molar refractivity (Wildman–Crippen MR) is 106 cm³/mol. The summed E-state index contributed by atoms with van der Waals surface area (Å²) in [6.45, 7) is 2.37. The van der Waals surface area contributed by atoms with Crippen LogP contribution in [0.25, 0.3) is 10.9 Å². The fraction of sp³-hybridized carbons (Fsp3) is 0.318. The second-order valence-electron chi connectivity index (χ2n) is 7.37. The van der Waals surface area contributed by atoms with Crippen LogP contribution in [0.2, 0.25) is 0 Å². The van der Waals surface area contributed by atoms with Gasteiger partial charge in [0.25, 0.3) is 5.56 Å². The average Bonchev–Trinajstić information content (AvgIpc) is 3.49. The predicted octanol–water partition coefficient (Wildman–Crippen LogP) is 2.66. The van der Waals surface area contributed by atoms with E-state index in [2.05, 4.69) is 4.98 Å². The molecule has 3 aromatic rings. The van der Waals surface area contributed by atoms with E-state index >= 15 is 0 Å². The number of para-hydroxylation sites is 1. The van der Waals surface area contributed by atoms with Crippen LogP contribution >= 0.6 is 0 Å². The number of esters is 1. The molecule has 1 saturated carbocycles. The molecule has 6 heteroatoms. The SMILES string of the molecule is Cc1cccc(C2(C(=O)OCCCn3c(=O)[nH]c4ccccc4c3=O)CC2)c1. The molecule has 0 bridgehead atoms. The van der Waals surface area contributed by atoms with Gasteiger partial charge >= 0.3 is 11.7 Å². The molecule has 0 radical (unpaired) electrons. The normalized spacial score (nSPS) is 14.8. The number of aryl methyl sites for hydroxylation is 1. The molecular formula is C22H22N2O4. The Hall–Kier alpha value is -3.15. The van der Waals surface area contributed by atoms with E-state index < -0.39 is 11.1 Å². The lowest BCUT2D eigenvalue weighted by Gasteiger charge is -2.15. The second-order valence-corrected chi connectivity index (χ2v) is 7.37. The first kappa shape index (κ1) is 18.2. The number of benzene rings is 2. The van der Waals surface area contributed by atoms with Gasteiger partial charge in [-0.3, -0.25) is 14.2 Å². The Kier molecular flexibility index (Phi) is 4.63. The zero-order valence-corrected chi connectivity index (χ0v) is 15.7. The summed E-state index contributed by atoms with van der Waals surface area (Å²) in [6.07, 6.45) is 1.98. The van der Waals surface area contributed by atoms with Crippen LogP contribution in [-0.4, -0.2) is 22.1 Å². The van der Waals surface area contributed by atoms with Crippen molar-refractivity contribution in [3.8, 4) is 0 Å². The summed E-state index contributed by atoms with van der Waals surface area (Å²) in [6, 6.07) is 14.9. The molecule has 1 aromatic heterocycles. The first-order valence-corrected chi connectivity index (χ1v) is 9.47. The maximum atomic E-state index is 12.6. The van der Waals surface area contributed by atoms with Gasteiger partial charge in [0.2, 0.25) is 0 Å². The number of rotatable bonds is 6. The molecule has 6 nitrogen and oxygen atoms in total. The van der Waals surface area contributed by atoms with Crippen molar-refractivity contribution in [2.75, 3.05) is 6.61 Å². The number of aromatic nitrogens is 2. The van der Waals surface area contributed by atoms with Crippen LogP contribution in [0.3, 0.4) is 0 Å². The van der Waals surface area contributed by atoms with Crippen LogP contribution in [0.5, 0.6) is 0 Å². The summed E-state index contributed by atoms with van der Waals surface area (Å²) in [5.41, 5.74) is 1.33. The number of fused-ring (bicyclic) bond motifs is 1. The lowest BCUT2D eigenvalue weighted by Crippen LogP contribution is -2.35. The monoisotopic (exact) mass is 378 g/mol. The molecular weight excluding hydrogens is 356 g/mol. The summed E-state index contributed by atoms with van der Waals surface area (Å²) in [5, 5.41) is 0.468. The molecule has 28 heavy (non-hydrogen) atoms. The Morgan fingerprint density at radius 3 is 2.68 bits per heavy atom. The van der Waals surface area contributed by atoms with Crippen molar-refractivity contribution in [1.29, 1.82) is 0 Å². The first-order valence-electron chi connectivity index (χ1n) is 9.47. The van der Waals surface area contributed by atoms with Gasteiger partial charge < -0.3 is 9.72 Å². The minimum atomic E-state index is -0.525. The molecule has 1 heterocycles. The fourth-order valence-electron chi connectivity index (χ4n) is 3.61. The maximum absolute atomic E-state index is 12.6. The molecule has 1 aliphatic carbocycles. The second kappa shape index (κ2) is 7.11. The largest absolute Gasteiger partial charge is 0.465 e. The third-order valence-electron chi connectivity index (χ3n) is 5.36. The maximum Gasteiger partial charge on any atom is 0.328 e.